The lowest BCUT2D eigenvalue weighted by Gasteiger charge is -2.14. The third-order valence-electron chi connectivity index (χ3n) is 2.95. The molecule has 0 bridgehead atoms. The van der Waals surface area contributed by atoms with E-state index in [4.69, 9.17) is 0 Å². The summed E-state index contributed by atoms with van der Waals surface area (Å²) in [7, 11) is 0. The van der Waals surface area contributed by atoms with Crippen LogP contribution in [0, 0.1) is 11.7 Å². The lowest BCUT2D eigenvalue weighted by atomic mass is 10.1. The fourth-order valence-corrected chi connectivity index (χ4v) is 2.40. The van der Waals surface area contributed by atoms with Crippen molar-refractivity contribution in [1.29, 1.82) is 0 Å². The first-order valence-corrected chi connectivity index (χ1v) is 6.48. The highest BCUT2D eigenvalue weighted by Crippen LogP contribution is 2.15. The molecular formula is C12H15BrClFN2O2. The van der Waals surface area contributed by atoms with Gasteiger partial charge in [0.15, 0.2) is 0 Å². The summed E-state index contributed by atoms with van der Waals surface area (Å²) >= 11 is 3.14. The zero-order valence-electron chi connectivity index (χ0n) is 10.0. The molecule has 7 heteroatoms. The van der Waals surface area contributed by atoms with Gasteiger partial charge in [-0.05, 0) is 18.2 Å². The molecule has 0 aromatic heterocycles. The van der Waals surface area contributed by atoms with Crippen LogP contribution in [0.15, 0.2) is 22.7 Å². The summed E-state index contributed by atoms with van der Waals surface area (Å²) in [6, 6.07) is 4.03. The van der Waals surface area contributed by atoms with E-state index >= 15 is 0 Å². The molecular weight excluding hydrogens is 338 g/mol. The number of aliphatic hydroxyl groups is 1. The summed E-state index contributed by atoms with van der Waals surface area (Å²) < 4.78 is 13.7. The number of carbonyl (C=O) groups excluding carboxylic acids is 1. The van der Waals surface area contributed by atoms with Gasteiger partial charge in [0.05, 0.1) is 6.10 Å². The zero-order chi connectivity index (χ0) is 13.1. The Kier molecular flexibility index (Phi) is 6.19. The number of halogens is 3. The molecule has 1 aliphatic rings. The highest BCUT2D eigenvalue weighted by molar-refractivity contribution is 9.10. The maximum Gasteiger partial charge on any atom is 0.251 e. The average Bonchev–Trinajstić information content (AvgIpc) is 2.70. The van der Waals surface area contributed by atoms with E-state index in [0.29, 0.717) is 24.1 Å². The number of hydrogen-bond acceptors (Lipinski definition) is 3. The summed E-state index contributed by atoms with van der Waals surface area (Å²) in [6.07, 6.45) is -0.440. The first kappa shape index (κ1) is 16.4. The second kappa shape index (κ2) is 7.19. The number of hydrogen-bond donors (Lipinski definition) is 3. The van der Waals surface area contributed by atoms with Crippen molar-refractivity contribution >= 4 is 34.2 Å². The van der Waals surface area contributed by atoms with E-state index in [1.54, 1.807) is 6.07 Å². The van der Waals surface area contributed by atoms with Crippen LogP contribution in [0.2, 0.25) is 0 Å². The summed E-state index contributed by atoms with van der Waals surface area (Å²) in [5, 5.41) is 15.3. The monoisotopic (exact) mass is 352 g/mol. The SMILES string of the molecule is Cl.O=C(NCC1CNCC1O)c1cc(F)cc(Br)c1. The molecule has 0 spiro atoms. The van der Waals surface area contributed by atoms with Gasteiger partial charge in [-0.3, -0.25) is 4.79 Å². The van der Waals surface area contributed by atoms with Crippen LogP contribution in [0.3, 0.4) is 0 Å². The third kappa shape index (κ3) is 4.42. The van der Waals surface area contributed by atoms with Gasteiger partial charge in [-0.2, -0.15) is 0 Å². The molecule has 1 fully saturated rings. The molecule has 1 aromatic carbocycles. The normalized spacial score (nSPS) is 21.8. The van der Waals surface area contributed by atoms with E-state index < -0.39 is 11.9 Å². The van der Waals surface area contributed by atoms with E-state index in [2.05, 4.69) is 26.6 Å². The van der Waals surface area contributed by atoms with Gasteiger partial charge in [-0.1, -0.05) is 15.9 Å². The maximum absolute atomic E-state index is 13.1. The minimum atomic E-state index is -0.461. The molecule has 1 heterocycles. The minimum absolute atomic E-state index is 0. The van der Waals surface area contributed by atoms with Gasteiger partial charge in [-0.15, -0.1) is 12.4 Å². The Labute approximate surface area is 125 Å². The Morgan fingerprint density at radius 3 is 2.79 bits per heavy atom. The van der Waals surface area contributed by atoms with Gasteiger partial charge in [0.25, 0.3) is 5.91 Å². The van der Waals surface area contributed by atoms with Crippen molar-refractivity contribution in [3.8, 4) is 0 Å². The van der Waals surface area contributed by atoms with Crippen molar-refractivity contribution in [1.82, 2.24) is 10.6 Å². The van der Waals surface area contributed by atoms with Crippen LogP contribution < -0.4 is 10.6 Å². The Morgan fingerprint density at radius 1 is 1.47 bits per heavy atom. The zero-order valence-corrected chi connectivity index (χ0v) is 12.4. The van der Waals surface area contributed by atoms with Gasteiger partial charge >= 0.3 is 0 Å². The lowest BCUT2D eigenvalue weighted by Crippen LogP contribution is -2.34. The minimum Gasteiger partial charge on any atom is -0.391 e. The van der Waals surface area contributed by atoms with Crippen molar-refractivity contribution in [2.45, 2.75) is 6.10 Å². The first-order valence-electron chi connectivity index (χ1n) is 5.69. The Balaban J connectivity index is 0.00000180. The number of aliphatic hydroxyl groups excluding tert-OH is 1. The molecule has 4 nitrogen and oxygen atoms in total. The van der Waals surface area contributed by atoms with Gasteiger partial charge in [0, 0.05) is 35.6 Å². The first-order chi connectivity index (χ1) is 8.56. The number of nitrogens with one attached hydrogen (secondary N) is 2. The summed E-state index contributed by atoms with van der Waals surface area (Å²) in [5.41, 5.74) is 0.266. The number of amides is 1. The molecule has 3 N–H and O–H groups in total. The van der Waals surface area contributed by atoms with Crippen molar-refractivity contribution in [3.05, 3.63) is 34.1 Å². The molecule has 1 amide bonds. The van der Waals surface area contributed by atoms with Crippen LogP contribution in [0.4, 0.5) is 4.39 Å². The Morgan fingerprint density at radius 2 is 2.21 bits per heavy atom. The van der Waals surface area contributed by atoms with E-state index in [9.17, 15) is 14.3 Å². The Hall–Kier alpha value is -0.690. The fourth-order valence-electron chi connectivity index (χ4n) is 1.94. The van der Waals surface area contributed by atoms with Crippen LogP contribution in [0.5, 0.6) is 0 Å². The number of β-amino-alcohol motifs (C(OH)–C–C–N with tert-alkyl or cyclic N) is 1. The van der Waals surface area contributed by atoms with Gasteiger partial charge in [0.1, 0.15) is 5.82 Å². The molecule has 19 heavy (non-hydrogen) atoms. The third-order valence-corrected chi connectivity index (χ3v) is 3.41. The number of rotatable bonds is 3. The van der Waals surface area contributed by atoms with Crippen molar-refractivity contribution in [2.75, 3.05) is 19.6 Å². The molecule has 2 atom stereocenters. The summed E-state index contributed by atoms with van der Waals surface area (Å²) in [5.74, 6) is -0.794. The van der Waals surface area contributed by atoms with Crippen LogP contribution >= 0.6 is 28.3 Å². The van der Waals surface area contributed by atoms with Crippen LogP contribution in [-0.4, -0.2) is 36.8 Å². The molecule has 2 unspecified atom stereocenters. The Bertz CT molecular complexity index is 441. The largest absolute Gasteiger partial charge is 0.391 e. The van der Waals surface area contributed by atoms with E-state index in [0.717, 1.165) is 0 Å². The van der Waals surface area contributed by atoms with Gasteiger partial charge in [0.2, 0.25) is 0 Å². The smallest absolute Gasteiger partial charge is 0.251 e. The number of benzene rings is 1. The van der Waals surface area contributed by atoms with Crippen molar-refractivity contribution in [3.63, 3.8) is 0 Å². The molecule has 1 aliphatic heterocycles. The fraction of sp³-hybridized carbons (Fsp3) is 0.417. The standard InChI is InChI=1S/C12H14BrFN2O2.ClH/c13-9-1-7(2-10(14)3-9)12(18)16-5-8-4-15-6-11(8)17;/h1-3,8,11,15,17H,4-6H2,(H,16,18);1H. The van der Waals surface area contributed by atoms with Crippen LogP contribution in [0.25, 0.3) is 0 Å². The molecule has 106 valence electrons. The van der Waals surface area contributed by atoms with Crippen molar-refractivity contribution < 1.29 is 14.3 Å². The van der Waals surface area contributed by atoms with Gasteiger partial charge < -0.3 is 15.7 Å². The quantitative estimate of drug-likeness (QED) is 0.768. The van der Waals surface area contributed by atoms with E-state index in [1.165, 1.54) is 12.1 Å². The predicted molar refractivity (Wildman–Crippen MR) is 76.0 cm³/mol. The average molecular weight is 354 g/mol. The highest BCUT2D eigenvalue weighted by atomic mass is 79.9. The summed E-state index contributed by atoms with van der Waals surface area (Å²) in [4.78, 5) is 11.8. The van der Waals surface area contributed by atoms with Crippen LogP contribution in [0.1, 0.15) is 10.4 Å². The van der Waals surface area contributed by atoms with E-state index in [-0.39, 0.29) is 29.8 Å². The molecule has 0 saturated carbocycles. The topological polar surface area (TPSA) is 61.4 Å². The van der Waals surface area contributed by atoms with E-state index in [1.807, 2.05) is 0 Å². The van der Waals surface area contributed by atoms with Crippen molar-refractivity contribution in [2.24, 2.45) is 5.92 Å². The maximum atomic E-state index is 13.1. The van der Waals surface area contributed by atoms with Crippen LogP contribution in [-0.2, 0) is 0 Å². The van der Waals surface area contributed by atoms with Gasteiger partial charge in [-0.25, -0.2) is 4.39 Å². The molecule has 0 aliphatic carbocycles. The lowest BCUT2D eigenvalue weighted by molar-refractivity contribution is 0.0926. The second-order valence-electron chi connectivity index (χ2n) is 4.35. The number of carbonyl (C=O) groups is 1. The molecule has 2 rings (SSSR count). The highest BCUT2D eigenvalue weighted by Gasteiger charge is 2.25. The molecule has 0 radical (unpaired) electrons. The molecule has 1 saturated heterocycles. The summed E-state index contributed by atoms with van der Waals surface area (Å²) in [6.45, 7) is 1.60. The predicted octanol–water partition coefficient (Wildman–Crippen LogP) is 1.32. The molecule has 1 aromatic rings. The second-order valence-corrected chi connectivity index (χ2v) is 5.27.